The van der Waals surface area contributed by atoms with Crippen molar-refractivity contribution in [3.63, 3.8) is 0 Å². The van der Waals surface area contributed by atoms with Crippen LogP contribution in [0.3, 0.4) is 0 Å². The number of ether oxygens (including phenoxy) is 2. The van der Waals surface area contributed by atoms with Crippen LogP contribution in [0, 0.1) is 0 Å². The molecule has 6 rings (SSSR count). The molecule has 1 aliphatic heterocycles. The van der Waals surface area contributed by atoms with E-state index in [1.165, 1.54) is 11.3 Å². The van der Waals surface area contributed by atoms with Gasteiger partial charge in [-0.1, -0.05) is 72.0 Å². The molecule has 39 heavy (non-hydrogen) atoms. The Morgan fingerprint density at radius 2 is 1.87 bits per heavy atom. The first-order chi connectivity index (χ1) is 19.1. The fourth-order valence-corrected chi connectivity index (χ4v) is 5.91. The Balaban J connectivity index is 1.66. The van der Waals surface area contributed by atoms with E-state index < -0.39 is 12.0 Å². The SMILES string of the molecule is CCOC(=O)C1=C(c2ccccc2)N=c2s/c(=C\c3c[nH]c4ccccc34)c(=O)n2C1c1cccc(OC)c1. The Morgan fingerprint density at radius 3 is 2.67 bits per heavy atom. The van der Waals surface area contributed by atoms with E-state index in [9.17, 15) is 9.59 Å². The second-order valence-electron chi connectivity index (χ2n) is 9.00. The summed E-state index contributed by atoms with van der Waals surface area (Å²) in [5, 5.41) is 1.02. The van der Waals surface area contributed by atoms with Crippen molar-refractivity contribution in [3.05, 3.63) is 127 Å². The Morgan fingerprint density at radius 1 is 1.08 bits per heavy atom. The van der Waals surface area contributed by atoms with Crippen LogP contribution >= 0.6 is 11.3 Å². The van der Waals surface area contributed by atoms with Crippen LogP contribution in [-0.4, -0.2) is 29.2 Å². The highest BCUT2D eigenvalue weighted by Crippen LogP contribution is 2.36. The molecule has 0 saturated carbocycles. The molecule has 1 atom stereocenters. The number of nitrogens with zero attached hydrogens (tertiary/aromatic N) is 2. The number of hydrogen-bond donors (Lipinski definition) is 1. The average Bonchev–Trinajstić information content (AvgIpc) is 3.53. The molecule has 194 valence electrons. The molecule has 0 aliphatic carbocycles. The van der Waals surface area contributed by atoms with Crippen molar-refractivity contribution >= 4 is 40.0 Å². The molecule has 8 heteroatoms. The van der Waals surface area contributed by atoms with Gasteiger partial charge in [-0.3, -0.25) is 9.36 Å². The number of esters is 1. The predicted molar refractivity (Wildman–Crippen MR) is 152 cm³/mol. The average molecular weight is 536 g/mol. The Bertz CT molecular complexity index is 1910. The van der Waals surface area contributed by atoms with Gasteiger partial charge in [0.2, 0.25) is 0 Å². The highest BCUT2D eigenvalue weighted by molar-refractivity contribution is 7.07. The van der Waals surface area contributed by atoms with Gasteiger partial charge in [0.15, 0.2) is 4.80 Å². The van der Waals surface area contributed by atoms with Gasteiger partial charge in [-0.2, -0.15) is 0 Å². The summed E-state index contributed by atoms with van der Waals surface area (Å²) in [6.07, 6.45) is 3.77. The molecule has 1 N–H and O–H groups in total. The molecule has 1 aliphatic rings. The molecule has 1 unspecified atom stereocenters. The fraction of sp³-hybridized carbons (Fsp3) is 0.129. The largest absolute Gasteiger partial charge is 0.497 e. The monoisotopic (exact) mass is 535 g/mol. The van der Waals surface area contributed by atoms with Gasteiger partial charge in [0.25, 0.3) is 5.56 Å². The molecule has 0 spiro atoms. The topological polar surface area (TPSA) is 85.7 Å². The number of para-hydroxylation sites is 1. The van der Waals surface area contributed by atoms with Gasteiger partial charge in [-0.15, -0.1) is 0 Å². The summed E-state index contributed by atoms with van der Waals surface area (Å²) >= 11 is 1.30. The third-order valence-corrected chi connectivity index (χ3v) is 7.67. The minimum Gasteiger partial charge on any atom is -0.497 e. The highest BCUT2D eigenvalue weighted by atomic mass is 32.1. The van der Waals surface area contributed by atoms with Crippen molar-refractivity contribution in [1.29, 1.82) is 0 Å². The number of hydrogen-bond acceptors (Lipinski definition) is 6. The van der Waals surface area contributed by atoms with Gasteiger partial charge >= 0.3 is 5.97 Å². The summed E-state index contributed by atoms with van der Waals surface area (Å²) < 4.78 is 13.1. The number of rotatable bonds is 6. The van der Waals surface area contributed by atoms with Crippen LogP contribution in [0.1, 0.15) is 29.7 Å². The number of H-pyrrole nitrogens is 1. The summed E-state index contributed by atoms with van der Waals surface area (Å²) in [4.78, 5) is 36.3. The molecule has 7 nitrogen and oxygen atoms in total. The van der Waals surface area contributed by atoms with Gasteiger partial charge < -0.3 is 14.5 Å². The summed E-state index contributed by atoms with van der Waals surface area (Å²) in [6.45, 7) is 1.96. The normalized spacial score (nSPS) is 15.2. The number of benzene rings is 3. The number of methoxy groups -OCH3 is 1. The molecule has 0 bridgehead atoms. The molecule has 2 aromatic heterocycles. The van der Waals surface area contributed by atoms with Crippen molar-refractivity contribution in [2.24, 2.45) is 4.99 Å². The van der Waals surface area contributed by atoms with Crippen molar-refractivity contribution in [2.45, 2.75) is 13.0 Å². The van der Waals surface area contributed by atoms with Crippen LogP contribution in [0.5, 0.6) is 5.75 Å². The Hall–Kier alpha value is -4.69. The fourth-order valence-electron chi connectivity index (χ4n) is 4.92. The third kappa shape index (κ3) is 4.38. The molecule has 5 aromatic rings. The first-order valence-corrected chi connectivity index (χ1v) is 13.4. The van der Waals surface area contributed by atoms with Gasteiger partial charge in [-0.05, 0) is 36.8 Å². The van der Waals surface area contributed by atoms with E-state index in [0.29, 0.717) is 26.4 Å². The lowest BCUT2D eigenvalue weighted by Crippen LogP contribution is -2.40. The van der Waals surface area contributed by atoms with Crippen LogP contribution in [0.2, 0.25) is 0 Å². The molecule has 3 aromatic carbocycles. The van der Waals surface area contributed by atoms with Crippen molar-refractivity contribution < 1.29 is 14.3 Å². The Labute approximate surface area is 228 Å². The zero-order chi connectivity index (χ0) is 26.9. The van der Waals surface area contributed by atoms with Crippen LogP contribution < -0.4 is 19.6 Å². The van der Waals surface area contributed by atoms with E-state index in [4.69, 9.17) is 14.5 Å². The van der Waals surface area contributed by atoms with Crippen LogP contribution in [0.25, 0.3) is 22.7 Å². The Kier molecular flexibility index (Phi) is 6.46. The molecule has 0 fully saturated rings. The summed E-state index contributed by atoms with van der Waals surface area (Å²) in [6, 6.07) is 24.1. The second kappa shape index (κ2) is 10.2. The quantitative estimate of drug-likeness (QED) is 0.326. The van der Waals surface area contributed by atoms with E-state index in [-0.39, 0.29) is 12.2 Å². The summed E-state index contributed by atoms with van der Waals surface area (Å²) in [5.74, 6) is 0.105. The number of thiazole rings is 1. The van der Waals surface area contributed by atoms with Crippen molar-refractivity contribution in [3.8, 4) is 5.75 Å². The zero-order valence-corrected chi connectivity index (χ0v) is 22.2. The van der Waals surface area contributed by atoms with E-state index >= 15 is 0 Å². The van der Waals surface area contributed by atoms with Gasteiger partial charge in [0.1, 0.15) is 5.75 Å². The predicted octanol–water partition coefficient (Wildman–Crippen LogP) is 4.43. The molecule has 3 heterocycles. The lowest BCUT2D eigenvalue weighted by atomic mass is 9.93. The van der Waals surface area contributed by atoms with Gasteiger partial charge in [-0.25, -0.2) is 9.79 Å². The maximum absolute atomic E-state index is 14.0. The number of aromatic nitrogens is 2. The summed E-state index contributed by atoms with van der Waals surface area (Å²) in [7, 11) is 1.59. The first kappa shape index (κ1) is 24.6. The number of carbonyl (C=O) groups is 1. The first-order valence-electron chi connectivity index (χ1n) is 12.6. The maximum atomic E-state index is 14.0. The van der Waals surface area contributed by atoms with E-state index in [1.54, 1.807) is 18.6 Å². The highest BCUT2D eigenvalue weighted by Gasteiger charge is 2.35. The van der Waals surface area contributed by atoms with Gasteiger partial charge in [0, 0.05) is 28.2 Å². The second-order valence-corrected chi connectivity index (χ2v) is 10.0. The van der Waals surface area contributed by atoms with E-state index in [2.05, 4.69) is 4.98 Å². The van der Waals surface area contributed by atoms with Crippen molar-refractivity contribution in [1.82, 2.24) is 9.55 Å². The van der Waals surface area contributed by atoms with Crippen LogP contribution in [0.15, 0.2) is 100 Å². The smallest absolute Gasteiger partial charge is 0.338 e. The molecule has 0 saturated heterocycles. The number of carbonyl (C=O) groups excluding carboxylic acids is 1. The zero-order valence-electron chi connectivity index (χ0n) is 21.4. The lowest BCUT2D eigenvalue weighted by molar-refractivity contribution is -0.138. The molecular weight excluding hydrogens is 510 g/mol. The number of aromatic amines is 1. The minimum absolute atomic E-state index is 0.195. The lowest BCUT2D eigenvalue weighted by Gasteiger charge is -2.26. The third-order valence-electron chi connectivity index (χ3n) is 6.69. The number of nitrogens with one attached hydrogen (secondary N) is 1. The standard InChI is InChI=1S/C31H25N3O4S/c1-3-38-30(36)26-27(19-10-5-4-6-11-19)33-31-34(28(26)20-12-9-13-22(16-20)37-2)29(35)25(39-31)17-21-18-32-24-15-8-7-14-23(21)24/h4-18,28,32H,3H2,1-2H3/b25-17-. The molecule has 0 radical (unpaired) electrons. The maximum Gasteiger partial charge on any atom is 0.338 e. The van der Waals surface area contributed by atoms with Crippen LogP contribution in [0.4, 0.5) is 0 Å². The number of fused-ring (bicyclic) bond motifs is 2. The van der Waals surface area contributed by atoms with Crippen molar-refractivity contribution in [2.75, 3.05) is 13.7 Å². The van der Waals surface area contributed by atoms with E-state index in [1.807, 2.05) is 91.1 Å². The molecular formula is C31H25N3O4S. The summed E-state index contributed by atoms with van der Waals surface area (Å²) in [5.41, 5.74) is 3.95. The van der Waals surface area contributed by atoms with E-state index in [0.717, 1.165) is 27.6 Å². The van der Waals surface area contributed by atoms with Gasteiger partial charge in [0.05, 0.1) is 35.6 Å². The van der Waals surface area contributed by atoms with Crippen LogP contribution in [-0.2, 0) is 9.53 Å². The molecule has 0 amide bonds. The minimum atomic E-state index is -0.754.